The van der Waals surface area contributed by atoms with Gasteiger partial charge in [-0.15, -0.1) is 0 Å². The SMILES string of the molecule is CC1(C)CCCN(CCc2c(-c3ccccc3)[nH]c3c2=CCC=CC=3)C1. The maximum absolute atomic E-state index is 3.71. The number of rotatable bonds is 4. The average molecular weight is 347 g/mol. The molecule has 1 aromatic carbocycles. The van der Waals surface area contributed by atoms with Gasteiger partial charge in [0.1, 0.15) is 0 Å². The summed E-state index contributed by atoms with van der Waals surface area (Å²) in [7, 11) is 0. The van der Waals surface area contributed by atoms with Gasteiger partial charge in [0, 0.05) is 24.1 Å². The fourth-order valence-corrected chi connectivity index (χ4v) is 4.48. The Hall–Kier alpha value is -2.06. The Morgan fingerprint density at radius 1 is 1.15 bits per heavy atom. The van der Waals surface area contributed by atoms with Crippen molar-refractivity contribution in [3.63, 3.8) is 0 Å². The number of piperidine rings is 1. The van der Waals surface area contributed by atoms with Gasteiger partial charge in [0.05, 0.1) is 0 Å². The molecule has 1 aliphatic carbocycles. The molecule has 0 saturated carbocycles. The van der Waals surface area contributed by atoms with Gasteiger partial charge in [-0.2, -0.15) is 0 Å². The first-order valence-corrected chi connectivity index (χ1v) is 9.98. The molecule has 0 bridgehead atoms. The number of allylic oxidation sites excluding steroid dienone is 2. The highest BCUT2D eigenvalue weighted by molar-refractivity contribution is 5.65. The number of aromatic nitrogens is 1. The molecule has 0 amide bonds. The first-order valence-electron chi connectivity index (χ1n) is 9.98. The predicted molar refractivity (Wildman–Crippen MR) is 111 cm³/mol. The molecule has 2 heterocycles. The highest BCUT2D eigenvalue weighted by Gasteiger charge is 2.26. The second-order valence-electron chi connectivity index (χ2n) is 8.50. The zero-order valence-electron chi connectivity index (χ0n) is 16.1. The fourth-order valence-electron chi connectivity index (χ4n) is 4.48. The Morgan fingerprint density at radius 3 is 2.81 bits per heavy atom. The van der Waals surface area contributed by atoms with Crippen molar-refractivity contribution in [1.29, 1.82) is 0 Å². The van der Waals surface area contributed by atoms with Gasteiger partial charge < -0.3 is 9.88 Å². The molecule has 26 heavy (non-hydrogen) atoms. The molecule has 1 aromatic heterocycles. The number of H-pyrrole nitrogens is 1. The predicted octanol–water partition coefficient (Wildman–Crippen LogP) is 3.87. The lowest BCUT2D eigenvalue weighted by Crippen LogP contribution is -2.41. The molecule has 136 valence electrons. The number of benzene rings is 1. The average Bonchev–Trinajstić information content (AvgIpc) is 2.81. The van der Waals surface area contributed by atoms with Crippen LogP contribution in [0.1, 0.15) is 38.7 Å². The second kappa shape index (κ2) is 7.28. The Labute approximate surface area is 156 Å². The molecule has 0 radical (unpaired) electrons. The van der Waals surface area contributed by atoms with Crippen LogP contribution in [0.4, 0.5) is 0 Å². The van der Waals surface area contributed by atoms with E-state index in [1.165, 1.54) is 53.3 Å². The molecular weight excluding hydrogens is 316 g/mol. The van der Waals surface area contributed by atoms with Gasteiger partial charge in [0.2, 0.25) is 0 Å². The number of hydrogen-bond donors (Lipinski definition) is 1. The molecule has 0 atom stereocenters. The van der Waals surface area contributed by atoms with Gasteiger partial charge in [-0.3, -0.25) is 0 Å². The van der Waals surface area contributed by atoms with Crippen molar-refractivity contribution in [2.75, 3.05) is 19.6 Å². The van der Waals surface area contributed by atoms with E-state index in [1.807, 2.05) is 0 Å². The summed E-state index contributed by atoms with van der Waals surface area (Å²) in [6, 6.07) is 10.8. The van der Waals surface area contributed by atoms with Crippen molar-refractivity contribution in [3.8, 4) is 11.3 Å². The van der Waals surface area contributed by atoms with Crippen LogP contribution in [-0.2, 0) is 6.42 Å². The molecule has 2 heteroatoms. The minimum Gasteiger partial charge on any atom is -0.354 e. The molecule has 1 saturated heterocycles. The van der Waals surface area contributed by atoms with E-state index in [0.717, 1.165) is 19.4 Å². The van der Waals surface area contributed by atoms with E-state index in [4.69, 9.17) is 0 Å². The highest BCUT2D eigenvalue weighted by Crippen LogP contribution is 2.28. The Bertz CT molecular complexity index is 900. The summed E-state index contributed by atoms with van der Waals surface area (Å²) in [6.07, 6.45) is 13.8. The van der Waals surface area contributed by atoms with Gasteiger partial charge in [0.15, 0.2) is 0 Å². The van der Waals surface area contributed by atoms with E-state index < -0.39 is 0 Å². The van der Waals surface area contributed by atoms with Gasteiger partial charge in [-0.25, -0.2) is 0 Å². The van der Waals surface area contributed by atoms with Crippen LogP contribution in [0, 0.1) is 5.41 Å². The Morgan fingerprint density at radius 2 is 2.00 bits per heavy atom. The minimum absolute atomic E-state index is 0.458. The first-order chi connectivity index (χ1) is 12.6. The monoisotopic (exact) mass is 346 g/mol. The van der Waals surface area contributed by atoms with E-state index in [0.29, 0.717) is 5.41 Å². The molecule has 0 spiro atoms. The first kappa shape index (κ1) is 17.4. The molecule has 1 N–H and O–H groups in total. The topological polar surface area (TPSA) is 19.0 Å². The smallest absolute Gasteiger partial charge is 0.0497 e. The summed E-state index contributed by atoms with van der Waals surface area (Å²) in [6.45, 7) is 8.43. The van der Waals surface area contributed by atoms with E-state index in [1.54, 1.807) is 0 Å². The number of fused-ring (bicyclic) bond motifs is 1. The molecular formula is C24H30N2. The van der Waals surface area contributed by atoms with Gasteiger partial charge in [0.25, 0.3) is 0 Å². The van der Waals surface area contributed by atoms with Crippen LogP contribution in [-0.4, -0.2) is 29.5 Å². The van der Waals surface area contributed by atoms with Crippen molar-refractivity contribution >= 4 is 12.2 Å². The molecule has 2 aromatic rings. The van der Waals surface area contributed by atoms with Gasteiger partial charge >= 0.3 is 0 Å². The number of hydrogen-bond acceptors (Lipinski definition) is 1. The van der Waals surface area contributed by atoms with E-state index >= 15 is 0 Å². The van der Waals surface area contributed by atoms with Crippen LogP contribution in [0.5, 0.6) is 0 Å². The molecule has 0 unspecified atom stereocenters. The lowest BCUT2D eigenvalue weighted by atomic mass is 9.84. The maximum Gasteiger partial charge on any atom is 0.0497 e. The van der Waals surface area contributed by atoms with E-state index in [9.17, 15) is 0 Å². The van der Waals surface area contributed by atoms with Crippen LogP contribution < -0.4 is 10.6 Å². The number of aromatic amines is 1. The zero-order chi connectivity index (χ0) is 18.0. The Balaban J connectivity index is 1.67. The molecule has 2 aliphatic rings. The summed E-state index contributed by atoms with van der Waals surface area (Å²) in [5.41, 5.74) is 4.53. The highest BCUT2D eigenvalue weighted by atomic mass is 15.1. The standard InChI is InChI=1S/C24H30N2/c1-24(2)15-9-16-26(18-24)17-14-21-20-12-7-4-8-13-22(20)25-23(21)19-10-5-3-6-11-19/h3-6,8,10-13,25H,7,9,14-18H2,1-2H3. The molecule has 2 nitrogen and oxygen atoms in total. The number of likely N-dealkylation sites (tertiary alicyclic amines) is 1. The zero-order valence-corrected chi connectivity index (χ0v) is 16.1. The lowest BCUT2D eigenvalue weighted by Gasteiger charge is -2.38. The summed E-state index contributed by atoms with van der Waals surface area (Å²) >= 11 is 0. The van der Waals surface area contributed by atoms with Crippen LogP contribution in [0.15, 0.2) is 42.5 Å². The largest absolute Gasteiger partial charge is 0.354 e. The van der Waals surface area contributed by atoms with Crippen LogP contribution in [0.25, 0.3) is 23.4 Å². The molecule has 4 rings (SSSR count). The van der Waals surface area contributed by atoms with E-state index in [2.05, 4.69) is 78.4 Å². The van der Waals surface area contributed by atoms with Crippen molar-refractivity contribution in [2.45, 2.75) is 39.5 Å². The normalized spacial score (nSPS) is 19.3. The number of nitrogens with zero attached hydrogens (tertiary/aromatic N) is 1. The summed E-state index contributed by atoms with van der Waals surface area (Å²) in [4.78, 5) is 6.37. The van der Waals surface area contributed by atoms with Crippen LogP contribution in [0.2, 0.25) is 0 Å². The summed E-state index contributed by atoms with van der Waals surface area (Å²) < 4.78 is 0. The van der Waals surface area contributed by atoms with Crippen molar-refractivity contribution < 1.29 is 0 Å². The third-order valence-corrected chi connectivity index (χ3v) is 5.75. The van der Waals surface area contributed by atoms with Crippen molar-refractivity contribution in [1.82, 2.24) is 9.88 Å². The molecule has 1 fully saturated rings. The Kier molecular flexibility index (Phi) is 4.86. The van der Waals surface area contributed by atoms with E-state index in [-0.39, 0.29) is 0 Å². The number of nitrogens with one attached hydrogen (secondary N) is 1. The third-order valence-electron chi connectivity index (χ3n) is 5.75. The van der Waals surface area contributed by atoms with Crippen LogP contribution in [0.3, 0.4) is 0 Å². The maximum atomic E-state index is 3.71. The fraction of sp³-hybridized carbons (Fsp3) is 0.417. The third kappa shape index (κ3) is 3.71. The molecule has 1 aliphatic heterocycles. The van der Waals surface area contributed by atoms with Gasteiger partial charge in [-0.05, 0) is 60.1 Å². The minimum atomic E-state index is 0.458. The lowest BCUT2D eigenvalue weighted by molar-refractivity contribution is 0.119. The quantitative estimate of drug-likeness (QED) is 0.890. The summed E-state index contributed by atoms with van der Waals surface area (Å²) in [5.74, 6) is 0. The van der Waals surface area contributed by atoms with Crippen LogP contribution >= 0.6 is 0 Å². The van der Waals surface area contributed by atoms with Gasteiger partial charge in [-0.1, -0.05) is 62.4 Å². The summed E-state index contributed by atoms with van der Waals surface area (Å²) in [5, 5.41) is 2.66. The van der Waals surface area contributed by atoms with Crippen molar-refractivity contribution in [2.24, 2.45) is 5.41 Å². The second-order valence-corrected chi connectivity index (χ2v) is 8.50. The van der Waals surface area contributed by atoms with Crippen molar-refractivity contribution in [3.05, 3.63) is 58.6 Å².